The van der Waals surface area contributed by atoms with Crippen LogP contribution in [-0.2, 0) is 12.8 Å². The molecule has 0 fully saturated rings. The van der Waals surface area contributed by atoms with Crippen molar-refractivity contribution in [3.63, 3.8) is 0 Å². The molecule has 3 rings (SSSR count). The maximum absolute atomic E-state index is 5.32. The molecule has 0 aliphatic carbocycles. The molecule has 0 bridgehead atoms. The summed E-state index contributed by atoms with van der Waals surface area (Å²) in [5.74, 6) is 2.56. The quantitative estimate of drug-likeness (QED) is 0.707. The lowest BCUT2D eigenvalue weighted by molar-refractivity contribution is 0.417. The second-order valence-corrected chi connectivity index (χ2v) is 6.66. The number of nitrogens with one attached hydrogen (secondary N) is 1. The summed E-state index contributed by atoms with van der Waals surface area (Å²) in [5, 5.41) is 7.41. The molecule has 0 saturated heterocycles. The van der Waals surface area contributed by atoms with Gasteiger partial charge in [0.15, 0.2) is 5.82 Å². The lowest BCUT2D eigenvalue weighted by Gasteiger charge is -2.14. The maximum atomic E-state index is 5.32. The molecule has 3 aromatic rings. The van der Waals surface area contributed by atoms with Crippen LogP contribution in [0.3, 0.4) is 0 Å². The number of hydrogen-bond acceptors (Lipinski definition) is 6. The Bertz CT molecular complexity index is 783. The van der Waals surface area contributed by atoms with E-state index in [1.54, 1.807) is 12.4 Å². The number of rotatable bonds is 7. The van der Waals surface area contributed by atoms with E-state index < -0.39 is 0 Å². The average molecular weight is 337 g/mol. The second kappa shape index (κ2) is 7.88. The molecule has 0 aliphatic heterocycles. The van der Waals surface area contributed by atoms with Crippen LogP contribution >= 0.6 is 0 Å². The van der Waals surface area contributed by atoms with Crippen LogP contribution in [0.25, 0.3) is 11.5 Å². The van der Waals surface area contributed by atoms with Crippen molar-refractivity contribution in [2.24, 2.45) is 5.92 Å². The zero-order valence-corrected chi connectivity index (χ0v) is 14.8. The van der Waals surface area contributed by atoms with Gasteiger partial charge in [0.1, 0.15) is 5.82 Å². The predicted molar refractivity (Wildman–Crippen MR) is 97.1 cm³/mol. The van der Waals surface area contributed by atoms with Gasteiger partial charge in [0, 0.05) is 31.1 Å². The minimum Gasteiger partial charge on any atom is -0.367 e. The Labute approximate surface area is 147 Å². The third-order valence-electron chi connectivity index (χ3n) is 3.73. The zero-order valence-electron chi connectivity index (χ0n) is 14.8. The molecule has 6 nitrogen and oxygen atoms in total. The Kier molecular flexibility index (Phi) is 5.38. The molecule has 1 N–H and O–H groups in total. The van der Waals surface area contributed by atoms with Crippen LogP contribution in [0.5, 0.6) is 0 Å². The van der Waals surface area contributed by atoms with Crippen molar-refractivity contribution in [3.05, 3.63) is 54.2 Å². The fraction of sp³-hybridized carbons (Fsp3) is 0.368. The third kappa shape index (κ3) is 4.86. The van der Waals surface area contributed by atoms with E-state index in [2.05, 4.69) is 52.3 Å². The number of pyridine rings is 2. The Morgan fingerprint density at radius 2 is 1.96 bits per heavy atom. The largest absolute Gasteiger partial charge is 0.367 e. The lowest BCUT2D eigenvalue weighted by Crippen LogP contribution is -2.18. The summed E-state index contributed by atoms with van der Waals surface area (Å²) in [5.41, 5.74) is 2.02. The second-order valence-electron chi connectivity index (χ2n) is 6.66. The van der Waals surface area contributed by atoms with Gasteiger partial charge in [-0.2, -0.15) is 4.98 Å². The van der Waals surface area contributed by atoms with Gasteiger partial charge in [-0.15, -0.1) is 0 Å². The molecule has 130 valence electrons. The van der Waals surface area contributed by atoms with Gasteiger partial charge in [0.2, 0.25) is 0 Å². The maximum Gasteiger partial charge on any atom is 0.259 e. The highest BCUT2D eigenvalue weighted by molar-refractivity contribution is 5.54. The highest BCUT2D eigenvalue weighted by Crippen LogP contribution is 2.19. The van der Waals surface area contributed by atoms with Crippen molar-refractivity contribution in [3.8, 4) is 11.5 Å². The molecular weight excluding hydrogens is 314 g/mol. The van der Waals surface area contributed by atoms with E-state index >= 15 is 0 Å². The Balaban J connectivity index is 1.61. The van der Waals surface area contributed by atoms with Crippen molar-refractivity contribution in [2.45, 2.75) is 39.7 Å². The standard InChI is InChI=1S/C19H23N5O/c1-13(2)9-18-23-19(25-24-18)16-6-7-17(21-12-16)22-14(3)10-15-5-4-8-20-11-15/h4-8,11-14H,9-10H2,1-3H3,(H,21,22). The third-order valence-corrected chi connectivity index (χ3v) is 3.73. The molecule has 0 radical (unpaired) electrons. The van der Waals surface area contributed by atoms with Gasteiger partial charge in [-0.1, -0.05) is 25.1 Å². The molecule has 0 aromatic carbocycles. The highest BCUT2D eigenvalue weighted by Gasteiger charge is 2.11. The minimum absolute atomic E-state index is 0.253. The Morgan fingerprint density at radius 1 is 1.08 bits per heavy atom. The van der Waals surface area contributed by atoms with Gasteiger partial charge in [0.05, 0.1) is 5.56 Å². The molecule has 1 unspecified atom stereocenters. The predicted octanol–water partition coefficient (Wildman–Crippen LogP) is 3.77. The van der Waals surface area contributed by atoms with Crippen LogP contribution < -0.4 is 5.32 Å². The van der Waals surface area contributed by atoms with E-state index in [1.807, 2.05) is 24.4 Å². The minimum atomic E-state index is 0.253. The average Bonchev–Trinajstić information content (AvgIpc) is 3.04. The first-order valence-corrected chi connectivity index (χ1v) is 8.54. The summed E-state index contributed by atoms with van der Waals surface area (Å²) in [6.45, 7) is 6.38. The smallest absolute Gasteiger partial charge is 0.259 e. The number of anilines is 1. The summed E-state index contributed by atoms with van der Waals surface area (Å²) in [4.78, 5) is 13.0. The summed E-state index contributed by atoms with van der Waals surface area (Å²) in [6, 6.07) is 8.16. The molecule has 0 spiro atoms. The zero-order chi connectivity index (χ0) is 17.6. The van der Waals surface area contributed by atoms with Gasteiger partial charge >= 0.3 is 0 Å². The fourth-order valence-corrected chi connectivity index (χ4v) is 2.60. The molecular formula is C19H23N5O. The van der Waals surface area contributed by atoms with Gasteiger partial charge in [-0.25, -0.2) is 4.98 Å². The van der Waals surface area contributed by atoms with E-state index in [4.69, 9.17) is 4.52 Å². The number of nitrogens with zero attached hydrogens (tertiary/aromatic N) is 4. The molecule has 0 aliphatic rings. The van der Waals surface area contributed by atoms with E-state index in [-0.39, 0.29) is 6.04 Å². The number of aromatic nitrogens is 4. The van der Waals surface area contributed by atoms with Crippen molar-refractivity contribution in [1.82, 2.24) is 20.1 Å². The van der Waals surface area contributed by atoms with E-state index in [9.17, 15) is 0 Å². The van der Waals surface area contributed by atoms with Gasteiger partial charge in [0.25, 0.3) is 5.89 Å². The first kappa shape index (κ1) is 17.1. The normalized spacial score (nSPS) is 12.3. The first-order valence-electron chi connectivity index (χ1n) is 8.54. The highest BCUT2D eigenvalue weighted by atomic mass is 16.5. The van der Waals surface area contributed by atoms with Crippen molar-refractivity contribution >= 4 is 5.82 Å². The van der Waals surface area contributed by atoms with Crippen LogP contribution in [0, 0.1) is 5.92 Å². The molecule has 0 amide bonds. The van der Waals surface area contributed by atoms with E-state index in [0.717, 1.165) is 30.0 Å². The molecule has 3 heterocycles. The monoisotopic (exact) mass is 337 g/mol. The Hall–Kier alpha value is -2.76. The van der Waals surface area contributed by atoms with E-state index in [1.165, 1.54) is 5.56 Å². The summed E-state index contributed by atoms with van der Waals surface area (Å²) in [7, 11) is 0. The lowest BCUT2D eigenvalue weighted by atomic mass is 10.1. The van der Waals surface area contributed by atoms with Gasteiger partial charge in [-0.05, 0) is 43.0 Å². The van der Waals surface area contributed by atoms with Crippen LogP contribution in [0.15, 0.2) is 47.4 Å². The Morgan fingerprint density at radius 3 is 2.64 bits per heavy atom. The number of hydrogen-bond donors (Lipinski definition) is 1. The van der Waals surface area contributed by atoms with Crippen LogP contribution in [0.1, 0.15) is 32.2 Å². The van der Waals surface area contributed by atoms with Gasteiger partial charge in [-0.3, -0.25) is 4.98 Å². The van der Waals surface area contributed by atoms with Crippen LogP contribution in [0.4, 0.5) is 5.82 Å². The van der Waals surface area contributed by atoms with E-state index in [0.29, 0.717) is 11.8 Å². The first-order chi connectivity index (χ1) is 12.1. The summed E-state index contributed by atoms with van der Waals surface area (Å²) in [6.07, 6.45) is 7.12. The van der Waals surface area contributed by atoms with Crippen LogP contribution in [0.2, 0.25) is 0 Å². The van der Waals surface area contributed by atoms with Crippen molar-refractivity contribution < 1.29 is 4.52 Å². The molecule has 25 heavy (non-hydrogen) atoms. The fourth-order valence-electron chi connectivity index (χ4n) is 2.60. The molecule has 6 heteroatoms. The van der Waals surface area contributed by atoms with Crippen molar-refractivity contribution in [1.29, 1.82) is 0 Å². The molecule has 1 atom stereocenters. The SMILES string of the molecule is CC(C)Cc1noc(-c2ccc(NC(C)Cc3cccnc3)nc2)n1. The molecule has 0 saturated carbocycles. The summed E-state index contributed by atoms with van der Waals surface area (Å²) < 4.78 is 5.32. The molecule has 3 aromatic heterocycles. The van der Waals surface area contributed by atoms with Gasteiger partial charge < -0.3 is 9.84 Å². The summed E-state index contributed by atoms with van der Waals surface area (Å²) >= 11 is 0. The van der Waals surface area contributed by atoms with Crippen molar-refractivity contribution in [2.75, 3.05) is 5.32 Å². The van der Waals surface area contributed by atoms with Crippen LogP contribution in [-0.4, -0.2) is 26.2 Å². The topological polar surface area (TPSA) is 76.7 Å².